The number of terminal acetylenes is 1. The molecule has 0 radical (unpaired) electrons. The Morgan fingerprint density at radius 3 is 2.89 bits per heavy atom. The Bertz CT molecular complexity index is 562. The highest BCUT2D eigenvalue weighted by molar-refractivity contribution is 5.95. The monoisotopic (exact) mass is 245 g/mol. The van der Waals surface area contributed by atoms with Gasteiger partial charge in [0, 0.05) is 24.4 Å². The molecule has 1 aliphatic heterocycles. The minimum atomic E-state index is -0.498. The van der Waals surface area contributed by atoms with Gasteiger partial charge in [0.25, 0.3) is 5.69 Å². The first-order chi connectivity index (χ1) is 8.52. The smallest absolute Gasteiger partial charge is 0.290 e. The van der Waals surface area contributed by atoms with Crippen molar-refractivity contribution in [1.82, 2.24) is 4.98 Å². The van der Waals surface area contributed by atoms with E-state index < -0.39 is 4.92 Å². The lowest BCUT2D eigenvalue weighted by Crippen LogP contribution is -2.25. The number of aryl methyl sites for hydroxylation is 1. The molecule has 92 valence electrons. The minimum Gasteiger partial charge on any atom is -0.296 e. The zero-order valence-corrected chi connectivity index (χ0v) is 9.79. The summed E-state index contributed by atoms with van der Waals surface area (Å²) < 4.78 is 0. The number of carbonyl (C=O) groups is 1. The molecule has 0 saturated carbocycles. The van der Waals surface area contributed by atoms with Gasteiger partial charge in [0.15, 0.2) is 0 Å². The van der Waals surface area contributed by atoms with Crippen LogP contribution >= 0.6 is 0 Å². The Morgan fingerprint density at radius 1 is 1.67 bits per heavy atom. The van der Waals surface area contributed by atoms with Crippen LogP contribution in [0.4, 0.5) is 11.5 Å². The van der Waals surface area contributed by atoms with Crippen LogP contribution in [0.1, 0.15) is 12.0 Å². The van der Waals surface area contributed by atoms with E-state index in [1.54, 1.807) is 6.92 Å². The van der Waals surface area contributed by atoms with Crippen molar-refractivity contribution < 1.29 is 9.72 Å². The van der Waals surface area contributed by atoms with E-state index in [1.807, 2.05) is 0 Å². The number of aromatic nitrogens is 1. The van der Waals surface area contributed by atoms with E-state index in [0.29, 0.717) is 24.3 Å². The van der Waals surface area contributed by atoms with Gasteiger partial charge >= 0.3 is 0 Å². The maximum atomic E-state index is 11.7. The molecule has 0 aromatic carbocycles. The van der Waals surface area contributed by atoms with Gasteiger partial charge in [0.2, 0.25) is 5.91 Å². The standard InChI is InChI=1S/C12H11N3O3/c1-3-9-5-12(16)14(7-9)11-4-8(2)10(6-13-11)15(17)18/h1,4,6,9H,5,7H2,2H3. The average Bonchev–Trinajstić information content (AvgIpc) is 2.70. The number of rotatable bonds is 2. The average molecular weight is 245 g/mol. The number of amides is 1. The summed E-state index contributed by atoms with van der Waals surface area (Å²) in [6, 6.07) is 1.54. The van der Waals surface area contributed by atoms with Gasteiger partial charge in [-0.15, -0.1) is 12.3 Å². The van der Waals surface area contributed by atoms with Gasteiger partial charge in [-0.05, 0) is 13.0 Å². The molecule has 18 heavy (non-hydrogen) atoms. The molecule has 1 aromatic rings. The molecule has 0 N–H and O–H groups in total. The zero-order chi connectivity index (χ0) is 13.3. The Labute approximate surface area is 104 Å². The summed E-state index contributed by atoms with van der Waals surface area (Å²) in [5.74, 6) is 2.74. The lowest BCUT2D eigenvalue weighted by molar-refractivity contribution is -0.385. The van der Waals surface area contributed by atoms with Crippen LogP contribution in [-0.2, 0) is 4.79 Å². The number of pyridine rings is 1. The van der Waals surface area contributed by atoms with E-state index in [4.69, 9.17) is 6.42 Å². The van der Waals surface area contributed by atoms with Crippen LogP contribution in [0, 0.1) is 35.3 Å². The van der Waals surface area contributed by atoms with E-state index in [0.717, 1.165) is 0 Å². The van der Waals surface area contributed by atoms with Crippen molar-refractivity contribution in [2.45, 2.75) is 13.3 Å². The van der Waals surface area contributed by atoms with Gasteiger partial charge in [-0.25, -0.2) is 4.98 Å². The highest BCUT2D eigenvalue weighted by Crippen LogP contribution is 2.26. The van der Waals surface area contributed by atoms with Gasteiger partial charge < -0.3 is 0 Å². The predicted molar refractivity (Wildman–Crippen MR) is 64.9 cm³/mol. The van der Waals surface area contributed by atoms with E-state index in [1.165, 1.54) is 17.2 Å². The van der Waals surface area contributed by atoms with Crippen LogP contribution < -0.4 is 4.90 Å². The minimum absolute atomic E-state index is 0.0566. The maximum absolute atomic E-state index is 11.7. The first kappa shape index (κ1) is 12.0. The molecule has 2 heterocycles. The van der Waals surface area contributed by atoms with E-state index in [-0.39, 0.29) is 17.5 Å². The molecule has 1 saturated heterocycles. The number of anilines is 1. The SMILES string of the molecule is C#CC1CC(=O)N(c2cc(C)c([N+](=O)[O-])cn2)C1. The van der Waals surface area contributed by atoms with Crippen molar-refractivity contribution in [2.24, 2.45) is 5.92 Å². The molecular weight excluding hydrogens is 234 g/mol. The van der Waals surface area contributed by atoms with Gasteiger partial charge in [0.05, 0.1) is 4.92 Å². The summed E-state index contributed by atoms with van der Waals surface area (Å²) in [6.45, 7) is 2.03. The summed E-state index contributed by atoms with van der Waals surface area (Å²) in [5.41, 5.74) is 0.417. The van der Waals surface area contributed by atoms with Crippen molar-refractivity contribution in [2.75, 3.05) is 11.4 Å². The van der Waals surface area contributed by atoms with Crippen LogP contribution in [0.2, 0.25) is 0 Å². The van der Waals surface area contributed by atoms with Crippen molar-refractivity contribution in [3.63, 3.8) is 0 Å². The molecule has 1 aromatic heterocycles. The largest absolute Gasteiger partial charge is 0.296 e. The van der Waals surface area contributed by atoms with Crippen LogP contribution in [0.25, 0.3) is 0 Å². The quantitative estimate of drug-likeness (QED) is 0.447. The summed E-state index contributed by atoms with van der Waals surface area (Å²) >= 11 is 0. The second-order valence-corrected chi connectivity index (χ2v) is 4.16. The van der Waals surface area contributed by atoms with Crippen molar-refractivity contribution in [3.8, 4) is 12.3 Å². The Balaban J connectivity index is 2.31. The molecular formula is C12H11N3O3. The molecule has 1 amide bonds. The van der Waals surface area contributed by atoms with E-state index in [2.05, 4.69) is 10.9 Å². The van der Waals surface area contributed by atoms with Gasteiger partial charge in [0.1, 0.15) is 12.0 Å². The number of nitrogens with zero attached hydrogens (tertiary/aromatic N) is 3. The normalized spacial score (nSPS) is 18.8. The fourth-order valence-corrected chi connectivity index (χ4v) is 1.91. The van der Waals surface area contributed by atoms with Crippen LogP contribution in [0.15, 0.2) is 12.3 Å². The fourth-order valence-electron chi connectivity index (χ4n) is 1.91. The zero-order valence-electron chi connectivity index (χ0n) is 9.79. The molecule has 1 aliphatic rings. The lowest BCUT2D eigenvalue weighted by atomic mass is 10.1. The molecule has 0 aliphatic carbocycles. The summed E-state index contributed by atoms with van der Waals surface area (Å²) in [5, 5.41) is 10.7. The second kappa shape index (κ2) is 4.45. The second-order valence-electron chi connectivity index (χ2n) is 4.16. The molecule has 6 heteroatoms. The third-order valence-corrected chi connectivity index (χ3v) is 2.90. The van der Waals surface area contributed by atoms with Crippen molar-refractivity contribution in [3.05, 3.63) is 27.9 Å². The molecule has 1 unspecified atom stereocenters. The molecule has 0 bridgehead atoms. The topological polar surface area (TPSA) is 76.3 Å². The van der Waals surface area contributed by atoms with Gasteiger partial charge in [-0.2, -0.15) is 0 Å². The lowest BCUT2D eigenvalue weighted by Gasteiger charge is -2.14. The highest BCUT2D eigenvalue weighted by atomic mass is 16.6. The predicted octanol–water partition coefficient (Wildman–Crippen LogP) is 1.28. The summed E-state index contributed by atoms with van der Waals surface area (Å²) in [7, 11) is 0. The van der Waals surface area contributed by atoms with E-state index in [9.17, 15) is 14.9 Å². The molecule has 6 nitrogen and oxygen atoms in total. The first-order valence-electron chi connectivity index (χ1n) is 5.40. The Hall–Kier alpha value is -2.42. The number of hydrogen-bond donors (Lipinski definition) is 0. The number of hydrogen-bond acceptors (Lipinski definition) is 4. The van der Waals surface area contributed by atoms with Crippen molar-refractivity contribution >= 4 is 17.4 Å². The summed E-state index contributed by atoms with van der Waals surface area (Å²) in [6.07, 6.45) is 6.76. The van der Waals surface area contributed by atoms with Crippen LogP contribution in [0.5, 0.6) is 0 Å². The summed E-state index contributed by atoms with van der Waals surface area (Å²) in [4.78, 5) is 27.3. The fraction of sp³-hybridized carbons (Fsp3) is 0.333. The number of carbonyl (C=O) groups excluding carboxylic acids is 1. The van der Waals surface area contributed by atoms with Crippen LogP contribution in [-0.4, -0.2) is 22.4 Å². The third-order valence-electron chi connectivity index (χ3n) is 2.90. The third kappa shape index (κ3) is 2.02. The molecule has 1 fully saturated rings. The Kier molecular flexibility index (Phi) is 2.98. The van der Waals surface area contributed by atoms with Gasteiger partial charge in [-0.3, -0.25) is 19.8 Å². The first-order valence-corrected chi connectivity index (χ1v) is 5.40. The Morgan fingerprint density at radius 2 is 2.39 bits per heavy atom. The molecule has 0 spiro atoms. The van der Waals surface area contributed by atoms with Crippen molar-refractivity contribution in [1.29, 1.82) is 0 Å². The number of nitro groups is 1. The molecule has 1 atom stereocenters. The highest BCUT2D eigenvalue weighted by Gasteiger charge is 2.30. The maximum Gasteiger partial charge on any atom is 0.290 e. The van der Waals surface area contributed by atoms with E-state index >= 15 is 0 Å². The molecule has 2 rings (SSSR count). The van der Waals surface area contributed by atoms with Gasteiger partial charge in [-0.1, -0.05) is 0 Å². The van der Waals surface area contributed by atoms with Crippen LogP contribution in [0.3, 0.4) is 0 Å².